The molecule has 2 atom stereocenters. The van der Waals surface area contributed by atoms with Gasteiger partial charge in [-0.1, -0.05) is 55.8 Å². The van der Waals surface area contributed by atoms with Crippen molar-refractivity contribution in [3.63, 3.8) is 0 Å². The first kappa shape index (κ1) is 16.0. The fourth-order valence-corrected chi connectivity index (χ4v) is 3.25. The third-order valence-corrected chi connectivity index (χ3v) is 4.93. The summed E-state index contributed by atoms with van der Waals surface area (Å²) >= 11 is 0. The average Bonchev–Trinajstić information content (AvgIpc) is 2.48. The van der Waals surface area contributed by atoms with Gasteiger partial charge in [-0.25, -0.2) is 0 Å². The number of ketones is 1. The van der Waals surface area contributed by atoms with E-state index in [-0.39, 0.29) is 0 Å². The van der Waals surface area contributed by atoms with E-state index in [4.69, 9.17) is 0 Å². The van der Waals surface area contributed by atoms with Crippen molar-refractivity contribution in [2.45, 2.75) is 52.9 Å². The Hall–Kier alpha value is -1.37. The summed E-state index contributed by atoms with van der Waals surface area (Å²) < 4.78 is 0. The molecule has 1 aromatic carbocycles. The lowest BCUT2D eigenvalue weighted by molar-refractivity contribution is -0.119. The Balaban J connectivity index is 1.84. The van der Waals surface area contributed by atoms with E-state index in [0.29, 0.717) is 18.1 Å². The van der Waals surface area contributed by atoms with Crippen molar-refractivity contribution in [1.29, 1.82) is 0 Å². The topological polar surface area (TPSA) is 17.1 Å². The fourth-order valence-electron chi connectivity index (χ4n) is 3.25. The second-order valence-electron chi connectivity index (χ2n) is 6.85. The number of benzene rings is 1. The third kappa shape index (κ3) is 4.84. The van der Waals surface area contributed by atoms with E-state index in [1.165, 1.54) is 24.0 Å². The number of aryl methyl sites for hydroxylation is 1. The monoisotopic (exact) mass is 284 g/mol. The maximum Gasteiger partial charge on any atom is 0.133 e. The zero-order chi connectivity index (χ0) is 15.2. The molecule has 0 heterocycles. The Kier molecular flexibility index (Phi) is 5.78. The van der Waals surface area contributed by atoms with Crippen molar-refractivity contribution >= 4 is 5.78 Å². The number of Topliss-reactive ketones (excluding diaryl/α,β-unsaturated/α-hetero) is 1. The van der Waals surface area contributed by atoms with Crippen molar-refractivity contribution in [3.05, 3.63) is 47.5 Å². The number of carbonyl (C=O) groups excluding carboxylic acids is 1. The molecule has 1 aliphatic carbocycles. The van der Waals surface area contributed by atoms with Crippen LogP contribution < -0.4 is 0 Å². The molecule has 0 aliphatic heterocycles. The van der Waals surface area contributed by atoms with Gasteiger partial charge in [-0.05, 0) is 49.5 Å². The quantitative estimate of drug-likeness (QED) is 0.656. The molecule has 0 spiro atoms. The van der Waals surface area contributed by atoms with Crippen molar-refractivity contribution in [2.24, 2.45) is 17.8 Å². The van der Waals surface area contributed by atoms with Gasteiger partial charge in [0.15, 0.2) is 0 Å². The average molecular weight is 284 g/mol. The van der Waals surface area contributed by atoms with Crippen LogP contribution in [0.25, 0.3) is 0 Å². The highest BCUT2D eigenvalue weighted by atomic mass is 16.1. The van der Waals surface area contributed by atoms with Crippen LogP contribution in [0.3, 0.4) is 0 Å². The molecule has 114 valence electrons. The summed E-state index contributed by atoms with van der Waals surface area (Å²) in [5, 5.41) is 0. The minimum absolute atomic E-state index is 0.418. The van der Waals surface area contributed by atoms with Crippen LogP contribution in [-0.2, 0) is 11.2 Å². The Morgan fingerprint density at radius 2 is 1.95 bits per heavy atom. The molecule has 1 aliphatic rings. The zero-order valence-corrected chi connectivity index (χ0v) is 13.6. The molecule has 0 N–H and O–H groups in total. The van der Waals surface area contributed by atoms with Gasteiger partial charge < -0.3 is 0 Å². The Morgan fingerprint density at radius 3 is 2.62 bits per heavy atom. The van der Waals surface area contributed by atoms with Crippen LogP contribution in [0.5, 0.6) is 0 Å². The van der Waals surface area contributed by atoms with Crippen molar-refractivity contribution < 1.29 is 4.79 Å². The van der Waals surface area contributed by atoms with Crippen LogP contribution in [0, 0.1) is 17.8 Å². The molecular formula is C20H28O. The second kappa shape index (κ2) is 7.59. The number of rotatable bonds is 6. The molecule has 2 unspecified atom stereocenters. The first-order valence-electron chi connectivity index (χ1n) is 8.28. The second-order valence-corrected chi connectivity index (χ2v) is 6.85. The van der Waals surface area contributed by atoms with Crippen LogP contribution in [0.15, 0.2) is 42.0 Å². The molecule has 0 radical (unpaired) electrons. The summed E-state index contributed by atoms with van der Waals surface area (Å²) in [5.41, 5.74) is 2.70. The largest absolute Gasteiger partial charge is 0.300 e. The molecule has 0 fully saturated rings. The maximum atomic E-state index is 12.3. The molecule has 0 aromatic heterocycles. The predicted molar refractivity (Wildman–Crippen MR) is 89.2 cm³/mol. The summed E-state index contributed by atoms with van der Waals surface area (Å²) in [7, 11) is 0. The van der Waals surface area contributed by atoms with Crippen molar-refractivity contribution in [3.8, 4) is 0 Å². The summed E-state index contributed by atoms with van der Waals surface area (Å²) in [5.74, 6) is 2.37. The van der Waals surface area contributed by atoms with Gasteiger partial charge in [-0.2, -0.15) is 0 Å². The van der Waals surface area contributed by atoms with Gasteiger partial charge >= 0.3 is 0 Å². The molecule has 0 saturated carbocycles. The minimum Gasteiger partial charge on any atom is -0.300 e. The highest BCUT2D eigenvalue weighted by molar-refractivity contribution is 5.79. The Morgan fingerprint density at radius 1 is 1.24 bits per heavy atom. The van der Waals surface area contributed by atoms with Crippen LogP contribution in [0.2, 0.25) is 0 Å². The smallest absolute Gasteiger partial charge is 0.133 e. The van der Waals surface area contributed by atoms with Gasteiger partial charge in [0.25, 0.3) is 0 Å². The van der Waals surface area contributed by atoms with Crippen molar-refractivity contribution in [1.82, 2.24) is 0 Å². The molecule has 0 bridgehead atoms. The molecule has 1 heteroatoms. The summed E-state index contributed by atoms with van der Waals surface area (Å²) in [4.78, 5) is 12.3. The van der Waals surface area contributed by atoms with E-state index in [1.54, 1.807) is 0 Å². The lowest BCUT2D eigenvalue weighted by Crippen LogP contribution is -2.21. The zero-order valence-electron chi connectivity index (χ0n) is 13.6. The molecule has 1 aromatic rings. The van der Waals surface area contributed by atoms with E-state index in [0.717, 1.165) is 24.7 Å². The number of hydrogen-bond donors (Lipinski definition) is 0. The molecule has 21 heavy (non-hydrogen) atoms. The van der Waals surface area contributed by atoms with E-state index >= 15 is 0 Å². The molecule has 2 rings (SSSR count). The lowest BCUT2D eigenvalue weighted by Gasteiger charge is -2.30. The van der Waals surface area contributed by atoms with E-state index < -0.39 is 0 Å². The normalized spacial score (nSPS) is 22.2. The highest BCUT2D eigenvalue weighted by Gasteiger charge is 2.25. The lowest BCUT2D eigenvalue weighted by atomic mass is 9.75. The standard InChI is InChI=1S/C20H28O/c1-15(2)18-11-9-16(3)19(13-18)14-20(21)12-10-17-7-5-4-6-8-17/h4-9,15,18-19H,10-14H2,1-3H3. The van der Waals surface area contributed by atoms with E-state index in [9.17, 15) is 4.79 Å². The van der Waals surface area contributed by atoms with Gasteiger partial charge in [0.05, 0.1) is 0 Å². The SMILES string of the molecule is CC1=CCC(C(C)C)CC1CC(=O)CCc1ccccc1. The van der Waals surface area contributed by atoms with Crippen molar-refractivity contribution in [2.75, 3.05) is 0 Å². The first-order chi connectivity index (χ1) is 10.1. The van der Waals surface area contributed by atoms with E-state index in [1.807, 2.05) is 18.2 Å². The molecule has 1 nitrogen and oxygen atoms in total. The first-order valence-corrected chi connectivity index (χ1v) is 8.28. The van der Waals surface area contributed by atoms with Crippen LogP contribution in [0.4, 0.5) is 0 Å². The highest BCUT2D eigenvalue weighted by Crippen LogP contribution is 2.35. The van der Waals surface area contributed by atoms with Gasteiger partial charge in [0, 0.05) is 12.8 Å². The number of carbonyl (C=O) groups is 1. The molecule has 0 saturated heterocycles. The maximum absolute atomic E-state index is 12.3. The third-order valence-electron chi connectivity index (χ3n) is 4.93. The van der Waals surface area contributed by atoms with Crippen LogP contribution in [-0.4, -0.2) is 5.78 Å². The Labute approximate surface area is 129 Å². The summed E-state index contributed by atoms with van der Waals surface area (Å²) in [6, 6.07) is 10.3. The summed E-state index contributed by atoms with van der Waals surface area (Å²) in [6.07, 6.45) is 7.04. The molecular weight excluding hydrogens is 256 g/mol. The molecule has 0 amide bonds. The van der Waals surface area contributed by atoms with E-state index in [2.05, 4.69) is 39.0 Å². The predicted octanol–water partition coefficient (Wildman–Crippen LogP) is 5.21. The van der Waals surface area contributed by atoms with Crippen LogP contribution >= 0.6 is 0 Å². The fraction of sp³-hybridized carbons (Fsp3) is 0.550. The number of hydrogen-bond acceptors (Lipinski definition) is 1. The minimum atomic E-state index is 0.418. The Bertz CT molecular complexity index is 484. The van der Waals surface area contributed by atoms with Gasteiger partial charge in [0.2, 0.25) is 0 Å². The number of allylic oxidation sites excluding steroid dienone is 2. The van der Waals surface area contributed by atoms with Gasteiger partial charge in [-0.15, -0.1) is 0 Å². The van der Waals surface area contributed by atoms with Gasteiger partial charge in [-0.3, -0.25) is 4.79 Å². The summed E-state index contributed by atoms with van der Waals surface area (Å²) in [6.45, 7) is 6.80. The van der Waals surface area contributed by atoms with Crippen LogP contribution in [0.1, 0.15) is 52.0 Å². The van der Waals surface area contributed by atoms with Gasteiger partial charge in [0.1, 0.15) is 5.78 Å².